The molecule has 162 valence electrons. The number of nitrogens with one attached hydrogen (secondary N) is 2. The molecule has 1 aliphatic carbocycles. The predicted octanol–water partition coefficient (Wildman–Crippen LogP) is 3.42. The molecule has 31 heavy (non-hydrogen) atoms. The lowest BCUT2D eigenvalue weighted by Crippen LogP contribution is -2.43. The molecule has 2 aromatic rings. The van der Waals surface area contributed by atoms with Crippen molar-refractivity contribution < 1.29 is 19.1 Å². The van der Waals surface area contributed by atoms with Crippen molar-refractivity contribution in [1.29, 1.82) is 0 Å². The van der Waals surface area contributed by atoms with E-state index in [0.29, 0.717) is 22.7 Å². The molecule has 1 saturated carbocycles. The van der Waals surface area contributed by atoms with Crippen LogP contribution in [0, 0.1) is 6.92 Å². The predicted molar refractivity (Wildman–Crippen MR) is 118 cm³/mol. The summed E-state index contributed by atoms with van der Waals surface area (Å²) in [5.74, 6) is -0.0735. The number of rotatable bonds is 5. The number of fused-ring (bicyclic) bond motifs is 1. The van der Waals surface area contributed by atoms with Gasteiger partial charge in [-0.15, -0.1) is 0 Å². The zero-order valence-corrected chi connectivity index (χ0v) is 17.6. The average molecular weight is 421 g/mol. The van der Waals surface area contributed by atoms with Crippen molar-refractivity contribution in [2.45, 2.75) is 45.1 Å². The first kappa shape index (κ1) is 20.9. The van der Waals surface area contributed by atoms with E-state index < -0.39 is 0 Å². The van der Waals surface area contributed by atoms with Gasteiger partial charge in [-0.3, -0.25) is 19.3 Å². The van der Waals surface area contributed by atoms with E-state index in [1.54, 1.807) is 36.4 Å². The van der Waals surface area contributed by atoms with Crippen LogP contribution in [0.15, 0.2) is 42.5 Å². The molecule has 2 aliphatic rings. The quantitative estimate of drug-likeness (QED) is 0.774. The molecule has 1 aliphatic heterocycles. The second kappa shape index (κ2) is 9.20. The van der Waals surface area contributed by atoms with Crippen LogP contribution in [0.2, 0.25) is 0 Å². The van der Waals surface area contributed by atoms with Crippen LogP contribution in [-0.2, 0) is 9.59 Å². The maximum atomic E-state index is 12.6. The lowest BCUT2D eigenvalue weighted by atomic mass is 9.95. The Kier molecular flexibility index (Phi) is 6.21. The Bertz CT molecular complexity index is 998. The van der Waals surface area contributed by atoms with Gasteiger partial charge in [0.05, 0.1) is 5.69 Å². The number of hydrogen-bond acceptors (Lipinski definition) is 4. The number of para-hydroxylation sites is 2. The Morgan fingerprint density at radius 3 is 2.65 bits per heavy atom. The second-order valence-electron chi connectivity index (χ2n) is 8.12. The van der Waals surface area contributed by atoms with Gasteiger partial charge in [-0.1, -0.05) is 31.4 Å². The number of aryl methyl sites for hydroxylation is 1. The van der Waals surface area contributed by atoms with Crippen LogP contribution >= 0.6 is 0 Å². The van der Waals surface area contributed by atoms with E-state index in [1.807, 2.05) is 13.0 Å². The summed E-state index contributed by atoms with van der Waals surface area (Å²) in [5, 5.41) is 5.96. The topological polar surface area (TPSA) is 87.7 Å². The highest BCUT2D eigenvalue weighted by Crippen LogP contribution is 2.31. The van der Waals surface area contributed by atoms with Crippen molar-refractivity contribution in [3.8, 4) is 5.75 Å². The summed E-state index contributed by atoms with van der Waals surface area (Å²) in [5.41, 5.74) is 2.57. The van der Waals surface area contributed by atoms with Crippen LogP contribution in [0.1, 0.15) is 48.0 Å². The van der Waals surface area contributed by atoms with Crippen LogP contribution in [0.4, 0.5) is 11.4 Å². The summed E-state index contributed by atoms with van der Waals surface area (Å²) >= 11 is 0. The van der Waals surface area contributed by atoms with Gasteiger partial charge in [-0.05, 0) is 55.7 Å². The van der Waals surface area contributed by atoms with Gasteiger partial charge in [-0.25, -0.2) is 0 Å². The minimum Gasteiger partial charge on any atom is -0.482 e. The molecule has 2 aromatic carbocycles. The van der Waals surface area contributed by atoms with E-state index in [2.05, 4.69) is 10.6 Å². The molecule has 0 atom stereocenters. The largest absolute Gasteiger partial charge is 0.482 e. The van der Waals surface area contributed by atoms with E-state index in [-0.39, 0.29) is 36.9 Å². The highest BCUT2D eigenvalue weighted by Gasteiger charge is 2.27. The number of ether oxygens (including phenoxy) is 1. The van der Waals surface area contributed by atoms with Crippen LogP contribution in [-0.4, -0.2) is 36.9 Å². The summed E-state index contributed by atoms with van der Waals surface area (Å²) in [6.45, 7) is 1.65. The van der Waals surface area contributed by atoms with Gasteiger partial charge in [0.25, 0.3) is 11.8 Å². The van der Waals surface area contributed by atoms with Gasteiger partial charge in [0.2, 0.25) is 5.91 Å². The highest BCUT2D eigenvalue weighted by molar-refractivity contribution is 6.05. The zero-order valence-electron chi connectivity index (χ0n) is 17.6. The van der Waals surface area contributed by atoms with E-state index in [4.69, 9.17) is 4.74 Å². The monoisotopic (exact) mass is 421 g/mol. The Morgan fingerprint density at radius 1 is 1.10 bits per heavy atom. The number of nitrogens with zero attached hydrogens (tertiary/aromatic N) is 1. The number of carbonyl (C=O) groups is 3. The summed E-state index contributed by atoms with van der Waals surface area (Å²) in [7, 11) is 0. The smallest absolute Gasteiger partial charge is 0.265 e. The van der Waals surface area contributed by atoms with Crippen molar-refractivity contribution in [3.05, 3.63) is 53.6 Å². The fourth-order valence-electron chi connectivity index (χ4n) is 4.12. The molecule has 3 amide bonds. The van der Waals surface area contributed by atoms with Crippen molar-refractivity contribution >= 4 is 29.1 Å². The Hall–Kier alpha value is -3.35. The first-order valence-electron chi connectivity index (χ1n) is 10.7. The molecule has 2 N–H and O–H groups in total. The Morgan fingerprint density at radius 2 is 1.87 bits per heavy atom. The zero-order chi connectivity index (χ0) is 21.8. The molecule has 4 rings (SSSR count). The van der Waals surface area contributed by atoms with E-state index in [1.165, 1.54) is 11.3 Å². The molecule has 1 heterocycles. The van der Waals surface area contributed by atoms with Crippen molar-refractivity contribution in [2.75, 3.05) is 23.4 Å². The van der Waals surface area contributed by atoms with Crippen molar-refractivity contribution in [2.24, 2.45) is 0 Å². The summed E-state index contributed by atoms with van der Waals surface area (Å²) in [6, 6.07) is 12.6. The number of hydrogen-bond donors (Lipinski definition) is 2. The van der Waals surface area contributed by atoms with Gasteiger partial charge < -0.3 is 15.4 Å². The summed E-state index contributed by atoms with van der Waals surface area (Å²) in [4.78, 5) is 38.9. The minimum atomic E-state index is -0.312. The first-order valence-corrected chi connectivity index (χ1v) is 10.7. The van der Waals surface area contributed by atoms with Gasteiger partial charge in [-0.2, -0.15) is 0 Å². The maximum absolute atomic E-state index is 12.6. The third-order valence-corrected chi connectivity index (χ3v) is 5.81. The van der Waals surface area contributed by atoms with Gasteiger partial charge >= 0.3 is 0 Å². The van der Waals surface area contributed by atoms with Crippen LogP contribution in [0.5, 0.6) is 5.75 Å². The third kappa shape index (κ3) is 4.87. The molecule has 0 bridgehead atoms. The Balaban J connectivity index is 1.39. The van der Waals surface area contributed by atoms with Crippen LogP contribution in [0.25, 0.3) is 0 Å². The lowest BCUT2D eigenvalue weighted by Gasteiger charge is -2.28. The highest BCUT2D eigenvalue weighted by atomic mass is 16.5. The Labute approximate surface area is 181 Å². The molecule has 0 saturated heterocycles. The fraction of sp³-hybridized carbons (Fsp3) is 0.375. The lowest BCUT2D eigenvalue weighted by molar-refractivity contribution is -0.123. The molecule has 0 spiro atoms. The maximum Gasteiger partial charge on any atom is 0.265 e. The molecule has 1 fully saturated rings. The van der Waals surface area contributed by atoms with Crippen molar-refractivity contribution in [1.82, 2.24) is 5.32 Å². The first-order chi connectivity index (χ1) is 15.0. The minimum absolute atomic E-state index is 0.0802. The van der Waals surface area contributed by atoms with Gasteiger partial charge in [0, 0.05) is 17.3 Å². The van der Waals surface area contributed by atoms with E-state index in [9.17, 15) is 14.4 Å². The molecule has 0 aromatic heterocycles. The molecule has 0 radical (unpaired) electrons. The summed E-state index contributed by atoms with van der Waals surface area (Å²) < 4.78 is 5.41. The molecule has 7 heteroatoms. The van der Waals surface area contributed by atoms with Crippen LogP contribution in [0.3, 0.4) is 0 Å². The average Bonchev–Trinajstić information content (AvgIpc) is 2.78. The SMILES string of the molecule is Cc1cc(C(=O)NC2CCCCC2)ccc1NC(=O)CN1C(=O)COc2ccccc21. The number of carbonyl (C=O) groups excluding carboxylic acids is 3. The summed E-state index contributed by atoms with van der Waals surface area (Å²) in [6.07, 6.45) is 5.61. The van der Waals surface area contributed by atoms with Gasteiger partial charge in [0.1, 0.15) is 12.3 Å². The molecular weight excluding hydrogens is 394 g/mol. The second-order valence-corrected chi connectivity index (χ2v) is 8.12. The number of amides is 3. The molecule has 7 nitrogen and oxygen atoms in total. The molecule has 0 unspecified atom stereocenters. The fourth-order valence-corrected chi connectivity index (χ4v) is 4.12. The van der Waals surface area contributed by atoms with E-state index in [0.717, 1.165) is 31.2 Å². The number of anilines is 2. The third-order valence-electron chi connectivity index (χ3n) is 5.81. The van der Waals surface area contributed by atoms with E-state index >= 15 is 0 Å². The number of benzene rings is 2. The standard InChI is InChI=1S/C24H27N3O4/c1-16-13-17(24(30)25-18-7-3-2-4-8-18)11-12-19(16)26-22(28)14-27-20-9-5-6-10-21(20)31-15-23(27)29/h5-6,9-13,18H,2-4,7-8,14-15H2,1H3,(H,25,30)(H,26,28). The normalized spacial score (nSPS) is 16.3. The van der Waals surface area contributed by atoms with Gasteiger partial charge in [0.15, 0.2) is 6.61 Å². The molecular formula is C24H27N3O4. The van der Waals surface area contributed by atoms with Crippen molar-refractivity contribution in [3.63, 3.8) is 0 Å². The van der Waals surface area contributed by atoms with Crippen LogP contribution < -0.4 is 20.3 Å².